The van der Waals surface area contributed by atoms with Crippen LogP contribution in [0.3, 0.4) is 0 Å². The minimum absolute atomic E-state index is 0.822. The molecule has 2 heteroatoms. The first kappa shape index (κ1) is 14.7. The van der Waals surface area contributed by atoms with Crippen LogP contribution < -0.4 is 5.32 Å². The average molecular weight is 213 g/mol. The summed E-state index contributed by atoms with van der Waals surface area (Å²) in [6, 6.07) is 0. The van der Waals surface area contributed by atoms with Crippen molar-refractivity contribution in [2.45, 2.75) is 45.4 Å². The van der Waals surface area contributed by atoms with Crippen LogP contribution in [0.4, 0.5) is 0 Å². The molecule has 0 saturated heterocycles. The van der Waals surface area contributed by atoms with Crippen molar-refractivity contribution in [3.63, 3.8) is 0 Å². The third-order valence-corrected chi connectivity index (χ3v) is 2.35. The van der Waals surface area contributed by atoms with Crippen LogP contribution in [0.25, 0.3) is 0 Å². The molecule has 0 heterocycles. The maximum Gasteiger partial charge on any atom is 0.0591 e. The van der Waals surface area contributed by atoms with Gasteiger partial charge in [-0.25, -0.2) is 0 Å². The lowest BCUT2D eigenvalue weighted by molar-refractivity contribution is 0.132. The standard InChI is InChI=1S/C13H27NO/c1-3-5-6-7-8-9-12-15-13-11-14-10-4-2/h4,14H,2-3,5-13H2,1H3. The molecule has 0 aromatic carbocycles. The number of unbranched alkanes of at least 4 members (excludes halogenated alkanes) is 5. The highest BCUT2D eigenvalue weighted by Crippen LogP contribution is 2.04. The zero-order valence-corrected chi connectivity index (χ0v) is 10.3. The highest BCUT2D eigenvalue weighted by atomic mass is 16.5. The summed E-state index contributed by atoms with van der Waals surface area (Å²) >= 11 is 0. The first-order valence-electron chi connectivity index (χ1n) is 6.31. The normalized spacial score (nSPS) is 10.5. The van der Waals surface area contributed by atoms with E-state index in [1.54, 1.807) is 0 Å². The van der Waals surface area contributed by atoms with Crippen LogP contribution in [-0.2, 0) is 4.74 Å². The zero-order valence-electron chi connectivity index (χ0n) is 10.3. The molecule has 0 amide bonds. The van der Waals surface area contributed by atoms with Crippen molar-refractivity contribution in [2.24, 2.45) is 0 Å². The Bertz CT molecular complexity index is 126. The van der Waals surface area contributed by atoms with Crippen LogP contribution in [0.2, 0.25) is 0 Å². The van der Waals surface area contributed by atoms with E-state index in [1.807, 2.05) is 6.08 Å². The van der Waals surface area contributed by atoms with Gasteiger partial charge >= 0.3 is 0 Å². The molecule has 90 valence electrons. The molecule has 0 aromatic heterocycles. The van der Waals surface area contributed by atoms with Crippen molar-refractivity contribution in [3.05, 3.63) is 12.7 Å². The van der Waals surface area contributed by atoms with Crippen LogP contribution in [0.1, 0.15) is 45.4 Å². The monoisotopic (exact) mass is 213 g/mol. The van der Waals surface area contributed by atoms with Crippen LogP contribution >= 0.6 is 0 Å². The van der Waals surface area contributed by atoms with E-state index in [0.717, 1.165) is 26.3 Å². The Morgan fingerprint density at radius 2 is 1.80 bits per heavy atom. The van der Waals surface area contributed by atoms with Gasteiger partial charge in [0, 0.05) is 19.7 Å². The van der Waals surface area contributed by atoms with E-state index in [-0.39, 0.29) is 0 Å². The van der Waals surface area contributed by atoms with Gasteiger partial charge in [0.15, 0.2) is 0 Å². The third-order valence-electron chi connectivity index (χ3n) is 2.35. The molecule has 0 spiro atoms. The first-order chi connectivity index (χ1) is 7.41. The van der Waals surface area contributed by atoms with Crippen LogP contribution in [0.5, 0.6) is 0 Å². The summed E-state index contributed by atoms with van der Waals surface area (Å²) in [6.45, 7) is 9.44. The van der Waals surface area contributed by atoms with Gasteiger partial charge in [-0.3, -0.25) is 0 Å². The van der Waals surface area contributed by atoms with Gasteiger partial charge in [-0.1, -0.05) is 45.1 Å². The average Bonchev–Trinajstić information content (AvgIpc) is 2.26. The fraction of sp³-hybridized carbons (Fsp3) is 0.846. The highest BCUT2D eigenvalue weighted by molar-refractivity contribution is 4.68. The molecule has 0 atom stereocenters. The molecular weight excluding hydrogens is 186 g/mol. The van der Waals surface area contributed by atoms with Crippen LogP contribution in [0, 0.1) is 0 Å². The van der Waals surface area contributed by atoms with E-state index >= 15 is 0 Å². The number of hydrogen-bond donors (Lipinski definition) is 1. The molecule has 1 N–H and O–H groups in total. The van der Waals surface area contributed by atoms with E-state index in [4.69, 9.17) is 4.74 Å². The molecule has 0 radical (unpaired) electrons. The summed E-state index contributed by atoms with van der Waals surface area (Å²) in [7, 11) is 0. The Kier molecular flexibility index (Phi) is 13.4. The predicted molar refractivity (Wildman–Crippen MR) is 67.3 cm³/mol. The molecule has 0 rings (SSSR count). The van der Waals surface area contributed by atoms with Crippen LogP contribution in [-0.4, -0.2) is 26.3 Å². The fourth-order valence-electron chi connectivity index (χ4n) is 1.43. The lowest BCUT2D eigenvalue weighted by atomic mass is 10.1. The molecule has 2 nitrogen and oxygen atoms in total. The topological polar surface area (TPSA) is 21.3 Å². The van der Waals surface area contributed by atoms with Gasteiger partial charge in [0.2, 0.25) is 0 Å². The molecule has 0 fully saturated rings. The second-order valence-corrected chi connectivity index (χ2v) is 3.87. The number of hydrogen-bond acceptors (Lipinski definition) is 2. The van der Waals surface area contributed by atoms with Gasteiger partial charge < -0.3 is 10.1 Å². The minimum Gasteiger partial charge on any atom is -0.380 e. The Hall–Kier alpha value is -0.340. The van der Waals surface area contributed by atoms with Gasteiger partial charge in [0.05, 0.1) is 6.61 Å². The molecule has 0 aromatic rings. The highest BCUT2D eigenvalue weighted by Gasteiger charge is 1.90. The predicted octanol–water partition coefficient (Wildman–Crippen LogP) is 3.14. The van der Waals surface area contributed by atoms with Crippen molar-refractivity contribution >= 4 is 0 Å². The number of ether oxygens (including phenoxy) is 1. The summed E-state index contributed by atoms with van der Waals surface area (Å²) in [5, 5.41) is 3.21. The van der Waals surface area contributed by atoms with Gasteiger partial charge in [0.1, 0.15) is 0 Å². The molecule has 0 saturated carbocycles. The Morgan fingerprint density at radius 1 is 1.07 bits per heavy atom. The molecule has 0 aliphatic heterocycles. The van der Waals surface area contributed by atoms with Crippen LogP contribution in [0.15, 0.2) is 12.7 Å². The van der Waals surface area contributed by atoms with Gasteiger partial charge in [-0.05, 0) is 6.42 Å². The minimum atomic E-state index is 0.822. The number of nitrogens with one attached hydrogen (secondary N) is 1. The number of rotatable bonds is 12. The molecule has 15 heavy (non-hydrogen) atoms. The SMILES string of the molecule is C=CCNCCOCCCCCCCC. The molecule has 0 aliphatic carbocycles. The molecule has 0 unspecified atom stereocenters. The largest absolute Gasteiger partial charge is 0.380 e. The Balaban J connectivity index is 2.83. The summed E-state index contributed by atoms with van der Waals surface area (Å²) in [4.78, 5) is 0. The summed E-state index contributed by atoms with van der Waals surface area (Å²) in [5.74, 6) is 0. The van der Waals surface area contributed by atoms with Gasteiger partial charge in [-0.15, -0.1) is 6.58 Å². The molecule has 0 bridgehead atoms. The van der Waals surface area contributed by atoms with E-state index in [1.165, 1.54) is 38.5 Å². The van der Waals surface area contributed by atoms with Gasteiger partial charge in [-0.2, -0.15) is 0 Å². The second kappa shape index (κ2) is 13.7. The molecular formula is C13H27NO. The van der Waals surface area contributed by atoms with E-state index in [0.29, 0.717) is 0 Å². The summed E-state index contributed by atoms with van der Waals surface area (Å²) < 4.78 is 5.49. The lowest BCUT2D eigenvalue weighted by Crippen LogP contribution is -2.19. The Labute approximate surface area is 95.1 Å². The van der Waals surface area contributed by atoms with E-state index < -0.39 is 0 Å². The van der Waals surface area contributed by atoms with Gasteiger partial charge in [0.25, 0.3) is 0 Å². The maximum absolute atomic E-state index is 5.49. The van der Waals surface area contributed by atoms with Crippen molar-refractivity contribution in [2.75, 3.05) is 26.3 Å². The van der Waals surface area contributed by atoms with Crippen molar-refractivity contribution < 1.29 is 4.74 Å². The smallest absolute Gasteiger partial charge is 0.0591 e. The Morgan fingerprint density at radius 3 is 2.53 bits per heavy atom. The second-order valence-electron chi connectivity index (χ2n) is 3.87. The summed E-state index contributed by atoms with van der Waals surface area (Å²) in [6.07, 6.45) is 9.86. The quantitative estimate of drug-likeness (QED) is 0.397. The zero-order chi connectivity index (χ0) is 11.2. The van der Waals surface area contributed by atoms with Crippen molar-refractivity contribution in [1.29, 1.82) is 0 Å². The van der Waals surface area contributed by atoms with E-state index in [9.17, 15) is 0 Å². The first-order valence-corrected chi connectivity index (χ1v) is 6.31. The van der Waals surface area contributed by atoms with Crippen molar-refractivity contribution in [1.82, 2.24) is 5.32 Å². The van der Waals surface area contributed by atoms with E-state index in [2.05, 4.69) is 18.8 Å². The van der Waals surface area contributed by atoms with Crippen molar-refractivity contribution in [3.8, 4) is 0 Å². The fourth-order valence-corrected chi connectivity index (χ4v) is 1.43. The maximum atomic E-state index is 5.49. The lowest BCUT2D eigenvalue weighted by Gasteiger charge is -2.04. The summed E-state index contributed by atoms with van der Waals surface area (Å²) in [5.41, 5.74) is 0. The molecule has 0 aliphatic rings. The third kappa shape index (κ3) is 13.7.